The van der Waals surface area contributed by atoms with E-state index in [-0.39, 0.29) is 6.42 Å². The molecule has 3 nitrogen and oxygen atoms in total. The first-order chi connectivity index (χ1) is 8.01. The average molecular weight is 234 g/mol. The lowest BCUT2D eigenvalue weighted by Crippen LogP contribution is -2.45. The van der Waals surface area contributed by atoms with E-state index in [0.29, 0.717) is 0 Å². The Morgan fingerprint density at radius 3 is 2.59 bits per heavy atom. The Morgan fingerprint density at radius 1 is 1.41 bits per heavy atom. The van der Waals surface area contributed by atoms with Crippen LogP contribution in [0.3, 0.4) is 0 Å². The Hall–Kier alpha value is -1.51. The summed E-state index contributed by atoms with van der Waals surface area (Å²) in [7, 11) is 0. The van der Waals surface area contributed by atoms with Gasteiger partial charge in [-0.2, -0.15) is 0 Å². The normalized spacial score (nSPS) is 17.3. The van der Waals surface area contributed by atoms with Crippen molar-refractivity contribution in [3.05, 3.63) is 29.3 Å². The zero-order valence-electron chi connectivity index (χ0n) is 10.3. The molecule has 1 fully saturated rings. The van der Waals surface area contributed by atoms with Crippen LogP contribution in [0.25, 0.3) is 0 Å². The second kappa shape index (κ2) is 4.40. The largest absolute Gasteiger partial charge is 0.486 e. The molecule has 0 saturated heterocycles. The van der Waals surface area contributed by atoms with Crippen LogP contribution in [0.5, 0.6) is 5.75 Å². The van der Waals surface area contributed by atoms with Crippen LogP contribution < -0.4 is 4.74 Å². The van der Waals surface area contributed by atoms with Crippen LogP contribution in [0.4, 0.5) is 0 Å². The van der Waals surface area contributed by atoms with Gasteiger partial charge < -0.3 is 9.84 Å². The molecule has 1 aromatic rings. The minimum atomic E-state index is -0.783. The molecule has 1 aromatic carbocycles. The van der Waals surface area contributed by atoms with Crippen LogP contribution in [0.1, 0.15) is 36.8 Å². The van der Waals surface area contributed by atoms with Crippen molar-refractivity contribution in [3.8, 4) is 5.75 Å². The highest BCUT2D eigenvalue weighted by atomic mass is 16.5. The third kappa shape index (κ3) is 2.60. The third-order valence-corrected chi connectivity index (χ3v) is 3.40. The number of hydrogen-bond donors (Lipinski definition) is 1. The molecule has 0 amide bonds. The lowest BCUT2D eigenvalue weighted by Gasteiger charge is -2.41. The molecule has 17 heavy (non-hydrogen) atoms. The van der Waals surface area contributed by atoms with Gasteiger partial charge in [-0.3, -0.25) is 4.79 Å². The van der Waals surface area contributed by atoms with E-state index < -0.39 is 11.6 Å². The highest BCUT2D eigenvalue weighted by molar-refractivity contribution is 5.68. The van der Waals surface area contributed by atoms with Crippen LogP contribution in [0.2, 0.25) is 0 Å². The first-order valence-electron chi connectivity index (χ1n) is 5.99. The maximum absolute atomic E-state index is 10.9. The standard InChI is InChI=1S/C14H18O3/c1-10-4-5-12(11(2)8-10)17-14(6-3-7-14)9-13(15)16/h4-5,8H,3,6-7,9H2,1-2H3,(H,15,16). The summed E-state index contributed by atoms with van der Waals surface area (Å²) >= 11 is 0. The minimum absolute atomic E-state index is 0.0975. The van der Waals surface area contributed by atoms with Crippen molar-refractivity contribution in [2.24, 2.45) is 0 Å². The van der Waals surface area contributed by atoms with Crippen molar-refractivity contribution in [3.63, 3.8) is 0 Å². The molecule has 1 aliphatic carbocycles. The van der Waals surface area contributed by atoms with E-state index in [1.165, 1.54) is 5.56 Å². The van der Waals surface area contributed by atoms with Crippen molar-refractivity contribution in [1.29, 1.82) is 0 Å². The molecular weight excluding hydrogens is 216 g/mol. The van der Waals surface area contributed by atoms with Gasteiger partial charge in [-0.15, -0.1) is 0 Å². The van der Waals surface area contributed by atoms with Crippen LogP contribution in [0, 0.1) is 13.8 Å². The van der Waals surface area contributed by atoms with E-state index >= 15 is 0 Å². The molecule has 0 aromatic heterocycles. The van der Waals surface area contributed by atoms with Gasteiger partial charge in [0.15, 0.2) is 0 Å². The maximum atomic E-state index is 10.9. The van der Waals surface area contributed by atoms with Gasteiger partial charge in [-0.1, -0.05) is 17.7 Å². The van der Waals surface area contributed by atoms with Gasteiger partial charge in [0, 0.05) is 0 Å². The van der Waals surface area contributed by atoms with Crippen LogP contribution in [0.15, 0.2) is 18.2 Å². The number of benzene rings is 1. The summed E-state index contributed by atoms with van der Waals surface area (Å²) in [5.41, 5.74) is 1.80. The summed E-state index contributed by atoms with van der Waals surface area (Å²) < 4.78 is 5.95. The van der Waals surface area contributed by atoms with E-state index in [1.807, 2.05) is 26.0 Å². The maximum Gasteiger partial charge on any atom is 0.307 e. The number of carboxylic acids is 1. The number of carboxylic acid groups (broad SMARTS) is 1. The van der Waals surface area contributed by atoms with Crippen molar-refractivity contribution in [1.82, 2.24) is 0 Å². The van der Waals surface area contributed by atoms with Crippen molar-refractivity contribution >= 4 is 5.97 Å². The van der Waals surface area contributed by atoms with Crippen LogP contribution in [-0.2, 0) is 4.79 Å². The molecule has 1 N–H and O–H groups in total. The summed E-state index contributed by atoms with van der Waals surface area (Å²) in [6.45, 7) is 4.03. The lowest BCUT2D eigenvalue weighted by molar-refractivity contribution is -0.144. The van der Waals surface area contributed by atoms with E-state index in [0.717, 1.165) is 30.6 Å². The van der Waals surface area contributed by atoms with Gasteiger partial charge in [-0.25, -0.2) is 0 Å². The molecule has 0 unspecified atom stereocenters. The Labute approximate surface area is 101 Å². The Balaban J connectivity index is 2.15. The molecule has 0 spiro atoms. The van der Waals surface area contributed by atoms with Gasteiger partial charge >= 0.3 is 5.97 Å². The zero-order chi connectivity index (χ0) is 12.5. The molecule has 1 saturated carbocycles. The first-order valence-corrected chi connectivity index (χ1v) is 5.99. The number of aryl methyl sites for hydroxylation is 2. The average Bonchev–Trinajstić information content (AvgIpc) is 2.18. The Kier molecular flexibility index (Phi) is 3.09. The van der Waals surface area contributed by atoms with Crippen LogP contribution >= 0.6 is 0 Å². The SMILES string of the molecule is Cc1ccc(OC2(CC(=O)O)CCC2)c(C)c1. The second-order valence-corrected chi connectivity index (χ2v) is 4.98. The smallest absolute Gasteiger partial charge is 0.307 e. The highest BCUT2D eigenvalue weighted by Gasteiger charge is 2.41. The summed E-state index contributed by atoms with van der Waals surface area (Å²) in [4.78, 5) is 10.9. The van der Waals surface area contributed by atoms with Crippen LogP contribution in [-0.4, -0.2) is 16.7 Å². The first kappa shape index (κ1) is 12.0. The molecular formula is C14H18O3. The second-order valence-electron chi connectivity index (χ2n) is 4.98. The lowest BCUT2D eigenvalue weighted by atomic mass is 9.77. The van der Waals surface area contributed by atoms with Gasteiger partial charge in [0.2, 0.25) is 0 Å². The third-order valence-electron chi connectivity index (χ3n) is 3.40. The molecule has 0 heterocycles. The molecule has 2 rings (SSSR count). The Morgan fingerprint density at radius 2 is 2.12 bits per heavy atom. The molecule has 0 radical (unpaired) electrons. The summed E-state index contributed by atoms with van der Waals surface area (Å²) in [5.74, 6) is 0.0333. The molecule has 0 atom stereocenters. The quantitative estimate of drug-likeness (QED) is 0.870. The zero-order valence-corrected chi connectivity index (χ0v) is 10.3. The van der Waals surface area contributed by atoms with Crippen molar-refractivity contribution < 1.29 is 14.6 Å². The predicted octanol–water partition coefficient (Wildman–Crippen LogP) is 3.08. The highest BCUT2D eigenvalue weighted by Crippen LogP contribution is 2.40. The minimum Gasteiger partial charge on any atom is -0.486 e. The Bertz CT molecular complexity index is 433. The summed E-state index contributed by atoms with van der Waals surface area (Å²) in [6, 6.07) is 5.99. The fourth-order valence-corrected chi connectivity index (χ4v) is 2.31. The van der Waals surface area contributed by atoms with Gasteiger partial charge in [0.1, 0.15) is 11.4 Å². The molecule has 92 valence electrons. The van der Waals surface area contributed by atoms with E-state index in [2.05, 4.69) is 6.07 Å². The summed E-state index contributed by atoms with van der Waals surface area (Å²) in [6.07, 6.45) is 2.83. The van der Waals surface area contributed by atoms with Crippen molar-refractivity contribution in [2.75, 3.05) is 0 Å². The van der Waals surface area contributed by atoms with Crippen molar-refractivity contribution in [2.45, 2.75) is 45.1 Å². The number of carbonyl (C=O) groups is 1. The molecule has 0 aliphatic heterocycles. The fourth-order valence-electron chi connectivity index (χ4n) is 2.31. The van der Waals surface area contributed by atoms with E-state index in [1.54, 1.807) is 0 Å². The molecule has 1 aliphatic rings. The predicted molar refractivity (Wildman–Crippen MR) is 65.4 cm³/mol. The van der Waals surface area contributed by atoms with E-state index in [9.17, 15) is 4.79 Å². The number of rotatable bonds is 4. The molecule has 3 heteroatoms. The van der Waals surface area contributed by atoms with Gasteiger partial charge in [0.25, 0.3) is 0 Å². The summed E-state index contributed by atoms with van der Waals surface area (Å²) in [5, 5.41) is 8.93. The molecule has 0 bridgehead atoms. The number of aliphatic carboxylic acids is 1. The topological polar surface area (TPSA) is 46.5 Å². The van der Waals surface area contributed by atoms with E-state index in [4.69, 9.17) is 9.84 Å². The van der Waals surface area contributed by atoms with Gasteiger partial charge in [-0.05, 0) is 44.7 Å². The monoisotopic (exact) mass is 234 g/mol. The fraction of sp³-hybridized carbons (Fsp3) is 0.500. The number of hydrogen-bond acceptors (Lipinski definition) is 2. The van der Waals surface area contributed by atoms with Gasteiger partial charge in [0.05, 0.1) is 6.42 Å². The number of ether oxygens (including phenoxy) is 1.